The van der Waals surface area contributed by atoms with Gasteiger partial charge in [0.1, 0.15) is 4.21 Å². The number of thiophene rings is 1. The zero-order chi connectivity index (χ0) is 9.64. The maximum atomic E-state index is 11.7. The average molecular weight is 218 g/mol. The quantitative estimate of drug-likeness (QED) is 0.715. The van der Waals surface area contributed by atoms with E-state index < -0.39 is 21.2 Å². The Morgan fingerprint density at radius 2 is 2.31 bits per heavy atom. The molecule has 0 bridgehead atoms. The highest BCUT2D eigenvalue weighted by Gasteiger charge is 2.36. The second-order valence-electron chi connectivity index (χ2n) is 3.27. The first-order chi connectivity index (χ1) is 6.03. The summed E-state index contributed by atoms with van der Waals surface area (Å²) in [6.45, 7) is 1.64. The Morgan fingerprint density at radius 3 is 3.00 bits per heavy atom. The van der Waals surface area contributed by atoms with E-state index in [1.54, 1.807) is 18.4 Å². The van der Waals surface area contributed by atoms with Crippen LogP contribution in [-0.2, 0) is 9.84 Å². The largest absolute Gasteiger partial charge is 0.388 e. The molecule has 13 heavy (non-hydrogen) atoms. The number of hydrogen-bond acceptors (Lipinski definition) is 4. The zero-order valence-electron chi connectivity index (χ0n) is 7.10. The highest BCUT2D eigenvalue weighted by atomic mass is 32.2. The molecule has 1 unspecified atom stereocenters. The predicted molar refractivity (Wildman–Crippen MR) is 50.5 cm³/mol. The molecule has 1 N–H and O–H groups in total. The van der Waals surface area contributed by atoms with Crippen LogP contribution in [0, 0.1) is 0 Å². The highest BCUT2D eigenvalue weighted by Crippen LogP contribution is 2.39. The van der Waals surface area contributed by atoms with E-state index in [0.29, 0.717) is 16.2 Å². The van der Waals surface area contributed by atoms with Crippen LogP contribution >= 0.6 is 11.3 Å². The summed E-state index contributed by atoms with van der Waals surface area (Å²) in [5.74, 6) is 0. The maximum absolute atomic E-state index is 11.7. The van der Waals surface area contributed by atoms with Gasteiger partial charge in [-0.05, 0) is 24.8 Å². The van der Waals surface area contributed by atoms with Crippen molar-refractivity contribution in [2.24, 2.45) is 0 Å². The Hall–Kier alpha value is -0.390. The number of aliphatic hydroxyl groups is 1. The van der Waals surface area contributed by atoms with Crippen LogP contribution < -0.4 is 0 Å². The van der Waals surface area contributed by atoms with Gasteiger partial charge in [-0.1, -0.05) is 0 Å². The lowest BCUT2D eigenvalue weighted by atomic mass is 10.1. The monoisotopic (exact) mass is 218 g/mol. The summed E-state index contributed by atoms with van der Waals surface area (Å²) >= 11 is 1.19. The molecule has 0 radical (unpaired) electrons. The molecule has 1 aliphatic rings. The van der Waals surface area contributed by atoms with Gasteiger partial charge in [0.25, 0.3) is 0 Å². The fourth-order valence-corrected chi connectivity index (χ4v) is 4.74. The van der Waals surface area contributed by atoms with Crippen LogP contribution in [0.5, 0.6) is 0 Å². The minimum atomic E-state index is -3.15. The summed E-state index contributed by atoms with van der Waals surface area (Å²) in [5, 5.41) is 10.8. The molecule has 3 nitrogen and oxygen atoms in total. The smallest absolute Gasteiger partial charge is 0.190 e. The molecule has 0 aromatic carbocycles. The van der Waals surface area contributed by atoms with Crippen molar-refractivity contribution in [1.29, 1.82) is 0 Å². The minimum absolute atomic E-state index is 0.312. The first kappa shape index (κ1) is 9.18. The van der Waals surface area contributed by atoms with Crippen molar-refractivity contribution >= 4 is 21.2 Å². The van der Waals surface area contributed by atoms with Gasteiger partial charge in [-0.15, -0.1) is 11.3 Å². The van der Waals surface area contributed by atoms with E-state index in [4.69, 9.17) is 0 Å². The topological polar surface area (TPSA) is 54.4 Å². The molecular weight excluding hydrogens is 208 g/mol. The van der Waals surface area contributed by atoms with E-state index in [0.717, 1.165) is 0 Å². The van der Waals surface area contributed by atoms with Crippen molar-refractivity contribution in [3.05, 3.63) is 17.0 Å². The predicted octanol–water partition coefficient (Wildman–Crippen LogP) is 1.35. The molecule has 1 aromatic rings. The van der Waals surface area contributed by atoms with E-state index in [1.165, 1.54) is 11.3 Å². The Bertz CT molecular complexity index is 418. The molecule has 72 valence electrons. The van der Waals surface area contributed by atoms with Gasteiger partial charge in [-0.2, -0.15) is 0 Å². The van der Waals surface area contributed by atoms with Crippen LogP contribution in [0.2, 0.25) is 0 Å². The van der Waals surface area contributed by atoms with E-state index in [-0.39, 0.29) is 0 Å². The highest BCUT2D eigenvalue weighted by molar-refractivity contribution is 7.94. The Balaban J connectivity index is 2.66. The van der Waals surface area contributed by atoms with Crippen LogP contribution in [0.4, 0.5) is 0 Å². The minimum Gasteiger partial charge on any atom is -0.388 e. The molecule has 0 aliphatic carbocycles. The second-order valence-corrected chi connectivity index (χ2v) is 6.75. The average Bonchev–Trinajstić information content (AvgIpc) is 2.49. The van der Waals surface area contributed by atoms with Gasteiger partial charge in [0, 0.05) is 5.56 Å². The van der Waals surface area contributed by atoms with Crippen LogP contribution in [0.3, 0.4) is 0 Å². The molecule has 0 saturated carbocycles. The lowest BCUT2D eigenvalue weighted by Gasteiger charge is -2.23. The molecule has 0 spiro atoms. The SMILES string of the molecule is C[C@H]1CC(O)c2ccsc2S1(=O)=O. The molecule has 2 heterocycles. The maximum Gasteiger partial charge on any atom is 0.190 e. The standard InChI is InChI=1S/C8H10O3S2/c1-5-4-7(9)6-2-3-12-8(6)13(5,10)11/h2-3,5,7,9H,4H2,1H3/t5-,7?/m0/s1. The first-order valence-corrected chi connectivity index (χ1v) is 6.45. The third-order valence-electron chi connectivity index (χ3n) is 2.36. The number of hydrogen-bond donors (Lipinski definition) is 1. The van der Waals surface area contributed by atoms with Crippen LogP contribution in [0.15, 0.2) is 15.7 Å². The van der Waals surface area contributed by atoms with Crippen LogP contribution in [0.1, 0.15) is 25.0 Å². The van der Waals surface area contributed by atoms with Gasteiger partial charge in [-0.25, -0.2) is 8.42 Å². The van der Waals surface area contributed by atoms with E-state index >= 15 is 0 Å². The summed E-state index contributed by atoms with van der Waals surface area (Å²) in [4.78, 5) is 0. The third-order valence-corrected chi connectivity index (χ3v) is 6.07. The molecular formula is C8H10O3S2. The van der Waals surface area contributed by atoms with Crippen LogP contribution in [0.25, 0.3) is 0 Å². The molecule has 0 saturated heterocycles. The summed E-state index contributed by atoms with van der Waals surface area (Å²) in [6, 6.07) is 1.69. The van der Waals surface area contributed by atoms with Crippen molar-refractivity contribution in [3.8, 4) is 0 Å². The molecule has 1 aliphatic heterocycles. The van der Waals surface area contributed by atoms with Gasteiger partial charge in [0.15, 0.2) is 9.84 Å². The number of aliphatic hydroxyl groups excluding tert-OH is 1. The van der Waals surface area contributed by atoms with Crippen molar-refractivity contribution in [2.75, 3.05) is 0 Å². The fourth-order valence-electron chi connectivity index (χ4n) is 1.53. The van der Waals surface area contributed by atoms with E-state index in [9.17, 15) is 13.5 Å². The second kappa shape index (κ2) is 2.80. The molecule has 2 rings (SSSR count). The van der Waals surface area contributed by atoms with Gasteiger partial charge < -0.3 is 5.11 Å². The first-order valence-electron chi connectivity index (χ1n) is 4.03. The van der Waals surface area contributed by atoms with Crippen molar-refractivity contribution in [3.63, 3.8) is 0 Å². The zero-order valence-corrected chi connectivity index (χ0v) is 8.73. The van der Waals surface area contributed by atoms with E-state index in [2.05, 4.69) is 0 Å². The molecule has 2 atom stereocenters. The molecule has 5 heteroatoms. The van der Waals surface area contributed by atoms with Gasteiger partial charge in [-0.3, -0.25) is 0 Å². The lowest BCUT2D eigenvalue weighted by Crippen LogP contribution is -2.26. The van der Waals surface area contributed by atoms with Crippen molar-refractivity contribution in [1.82, 2.24) is 0 Å². The normalized spacial score (nSPS) is 31.2. The Kier molecular flexibility index (Phi) is 1.98. The van der Waals surface area contributed by atoms with Crippen molar-refractivity contribution in [2.45, 2.75) is 28.9 Å². The van der Waals surface area contributed by atoms with E-state index in [1.807, 2.05) is 0 Å². The third kappa shape index (κ3) is 1.22. The fraction of sp³-hybridized carbons (Fsp3) is 0.500. The number of rotatable bonds is 0. The number of sulfone groups is 1. The van der Waals surface area contributed by atoms with Gasteiger partial charge in [0.05, 0.1) is 11.4 Å². The molecule has 0 fully saturated rings. The molecule has 0 amide bonds. The summed E-state index contributed by atoms with van der Waals surface area (Å²) in [5.41, 5.74) is 0.572. The van der Waals surface area contributed by atoms with Crippen molar-refractivity contribution < 1.29 is 13.5 Å². The summed E-state index contributed by atoms with van der Waals surface area (Å²) < 4.78 is 23.8. The summed E-state index contributed by atoms with van der Waals surface area (Å²) in [7, 11) is -3.15. The van der Waals surface area contributed by atoms with Gasteiger partial charge in [0.2, 0.25) is 0 Å². The lowest BCUT2D eigenvalue weighted by molar-refractivity contribution is 0.161. The number of fused-ring (bicyclic) bond motifs is 1. The van der Waals surface area contributed by atoms with Gasteiger partial charge >= 0.3 is 0 Å². The Morgan fingerprint density at radius 1 is 1.62 bits per heavy atom. The van der Waals surface area contributed by atoms with Crippen LogP contribution in [-0.4, -0.2) is 18.8 Å². The summed E-state index contributed by atoms with van der Waals surface area (Å²) in [6.07, 6.45) is -0.300. The Labute approximate surface area is 80.9 Å². The molecule has 1 aromatic heterocycles.